The lowest BCUT2D eigenvalue weighted by Gasteiger charge is -2.09. The summed E-state index contributed by atoms with van der Waals surface area (Å²) in [6.45, 7) is 0.0368. The van der Waals surface area contributed by atoms with Crippen molar-refractivity contribution in [3.05, 3.63) is 100 Å². The van der Waals surface area contributed by atoms with Crippen molar-refractivity contribution in [2.45, 2.75) is 13.2 Å². The Labute approximate surface area is 190 Å². The molecule has 0 radical (unpaired) electrons. The van der Waals surface area contributed by atoms with Crippen LogP contribution in [0.5, 0.6) is 17.2 Å². The summed E-state index contributed by atoms with van der Waals surface area (Å²) in [5, 5.41) is 23.9. The molecule has 0 bridgehead atoms. The number of azide groups is 1. The molecule has 164 valence electrons. The third kappa shape index (κ3) is 5.27. The first kappa shape index (κ1) is 21.8. The van der Waals surface area contributed by atoms with Crippen LogP contribution in [-0.2, 0) is 13.2 Å². The van der Waals surface area contributed by atoms with Gasteiger partial charge in [-0.15, -0.1) is 5.11 Å². The second-order valence-corrected chi connectivity index (χ2v) is 7.17. The zero-order valence-electron chi connectivity index (χ0n) is 17.9. The van der Waals surface area contributed by atoms with Crippen LogP contribution >= 0.6 is 0 Å². The molecule has 8 heteroatoms. The van der Waals surface area contributed by atoms with Crippen molar-refractivity contribution < 1.29 is 14.6 Å². The fraction of sp³-hybridized carbons (Fsp3) is 0.120. The van der Waals surface area contributed by atoms with Crippen molar-refractivity contribution in [3.63, 3.8) is 0 Å². The summed E-state index contributed by atoms with van der Waals surface area (Å²) in [7, 11) is 1.61. The highest BCUT2D eigenvalue weighted by molar-refractivity contribution is 5.95. The van der Waals surface area contributed by atoms with Crippen molar-refractivity contribution in [1.82, 2.24) is 0 Å². The van der Waals surface area contributed by atoms with Gasteiger partial charge in [0.1, 0.15) is 22.9 Å². The van der Waals surface area contributed by atoms with E-state index in [1.54, 1.807) is 49.6 Å². The fourth-order valence-electron chi connectivity index (χ4n) is 3.41. The van der Waals surface area contributed by atoms with E-state index in [9.17, 15) is 5.11 Å². The van der Waals surface area contributed by atoms with Gasteiger partial charge in [-0.25, -0.2) is 0 Å². The molecule has 0 atom stereocenters. The molecule has 33 heavy (non-hydrogen) atoms. The summed E-state index contributed by atoms with van der Waals surface area (Å²) in [5.41, 5.74) is 11.3. The normalized spacial score (nSPS) is 10.8. The highest BCUT2D eigenvalue weighted by atomic mass is 16.5. The molecule has 4 aromatic rings. The number of hydrogen-bond donors (Lipinski definition) is 1. The zero-order valence-corrected chi connectivity index (χ0v) is 17.9. The number of nitrogens with zero attached hydrogens (tertiary/aromatic N) is 5. The summed E-state index contributed by atoms with van der Waals surface area (Å²) in [5.74, 6) is 1.79. The number of ether oxygens (including phenoxy) is 2. The second-order valence-electron chi connectivity index (χ2n) is 7.17. The first-order valence-electron chi connectivity index (χ1n) is 10.2. The van der Waals surface area contributed by atoms with Crippen molar-refractivity contribution in [3.8, 4) is 17.2 Å². The van der Waals surface area contributed by atoms with Crippen LogP contribution in [0.25, 0.3) is 21.2 Å². The molecule has 0 unspecified atom stereocenters. The summed E-state index contributed by atoms with van der Waals surface area (Å²) in [4.78, 5) is 2.77. The van der Waals surface area contributed by atoms with E-state index < -0.39 is 0 Å². The minimum absolute atomic E-state index is 0.141. The van der Waals surface area contributed by atoms with Crippen LogP contribution in [0, 0.1) is 0 Å². The summed E-state index contributed by atoms with van der Waals surface area (Å²) >= 11 is 0. The van der Waals surface area contributed by atoms with Crippen LogP contribution in [0.15, 0.2) is 94.2 Å². The Hall–Kier alpha value is -4.39. The van der Waals surface area contributed by atoms with Gasteiger partial charge < -0.3 is 14.6 Å². The number of benzene rings is 4. The van der Waals surface area contributed by atoms with Crippen LogP contribution in [-0.4, -0.2) is 12.2 Å². The first-order valence-corrected chi connectivity index (χ1v) is 10.2. The minimum Gasteiger partial charge on any atom is -0.494 e. The number of aliphatic hydroxyl groups is 1. The maximum Gasteiger partial charge on any atom is 0.147 e. The lowest BCUT2D eigenvalue weighted by Crippen LogP contribution is -1.91. The molecule has 0 saturated carbocycles. The van der Waals surface area contributed by atoms with Crippen molar-refractivity contribution in [2.24, 2.45) is 15.3 Å². The van der Waals surface area contributed by atoms with E-state index >= 15 is 0 Å². The molecule has 0 fully saturated rings. The lowest BCUT2D eigenvalue weighted by atomic mass is 10.1. The number of aliphatic hydroxyl groups excluding tert-OH is 1. The van der Waals surface area contributed by atoms with Crippen LogP contribution in [0.3, 0.4) is 0 Å². The van der Waals surface area contributed by atoms with E-state index in [0.29, 0.717) is 34.2 Å². The Morgan fingerprint density at radius 1 is 0.879 bits per heavy atom. The predicted molar refractivity (Wildman–Crippen MR) is 126 cm³/mol. The van der Waals surface area contributed by atoms with Gasteiger partial charge in [-0.3, -0.25) is 0 Å². The number of methoxy groups -OCH3 is 1. The largest absolute Gasteiger partial charge is 0.494 e. The molecule has 0 aliphatic rings. The van der Waals surface area contributed by atoms with E-state index in [1.807, 2.05) is 36.4 Å². The van der Waals surface area contributed by atoms with Gasteiger partial charge in [0, 0.05) is 10.3 Å². The van der Waals surface area contributed by atoms with Crippen molar-refractivity contribution >= 4 is 22.1 Å². The standard InChI is InChI=1S/C25H21N5O3/c1-32-24-11-6-19-4-2-3-5-23(19)25(24)29-28-20-7-9-21(10-8-20)33-22-13-17(15-27-30-26)12-18(14-22)16-31/h2-14,31H,15-16H2,1H3. The number of fused-ring (bicyclic) bond motifs is 1. The topological polar surface area (TPSA) is 112 Å². The lowest BCUT2D eigenvalue weighted by molar-refractivity contribution is 0.281. The molecular weight excluding hydrogens is 418 g/mol. The third-order valence-electron chi connectivity index (χ3n) is 4.95. The van der Waals surface area contributed by atoms with Crippen LogP contribution < -0.4 is 9.47 Å². The minimum atomic E-state index is -0.141. The highest BCUT2D eigenvalue weighted by Crippen LogP contribution is 2.37. The maximum absolute atomic E-state index is 9.48. The second kappa shape index (κ2) is 10.3. The van der Waals surface area contributed by atoms with Gasteiger partial charge >= 0.3 is 0 Å². The Kier molecular flexibility index (Phi) is 6.80. The third-order valence-corrected chi connectivity index (χ3v) is 4.95. The van der Waals surface area contributed by atoms with Crippen LogP contribution in [0.4, 0.5) is 11.4 Å². The molecule has 0 amide bonds. The molecule has 0 spiro atoms. The van der Waals surface area contributed by atoms with Crippen molar-refractivity contribution in [2.75, 3.05) is 7.11 Å². The average molecular weight is 439 g/mol. The van der Waals surface area contributed by atoms with E-state index in [-0.39, 0.29) is 13.2 Å². The average Bonchev–Trinajstić information content (AvgIpc) is 2.86. The Morgan fingerprint density at radius 3 is 2.42 bits per heavy atom. The zero-order chi connectivity index (χ0) is 23.0. The van der Waals surface area contributed by atoms with Gasteiger partial charge in [0.25, 0.3) is 0 Å². The molecule has 0 aromatic heterocycles. The summed E-state index contributed by atoms with van der Waals surface area (Å²) < 4.78 is 11.4. The first-order chi connectivity index (χ1) is 16.2. The molecule has 4 rings (SSSR count). The molecule has 0 aliphatic heterocycles. The summed E-state index contributed by atoms with van der Waals surface area (Å²) in [6.07, 6.45) is 0. The summed E-state index contributed by atoms with van der Waals surface area (Å²) in [6, 6.07) is 24.3. The molecule has 0 aliphatic carbocycles. The SMILES string of the molecule is COc1ccc2ccccc2c1N=Nc1ccc(Oc2cc(CO)cc(CN=[N+]=[N-])c2)cc1. The van der Waals surface area contributed by atoms with E-state index in [4.69, 9.17) is 15.0 Å². The van der Waals surface area contributed by atoms with Gasteiger partial charge in [-0.05, 0) is 64.5 Å². The predicted octanol–water partition coefficient (Wildman–Crippen LogP) is 7.36. The van der Waals surface area contributed by atoms with Gasteiger partial charge in [0.05, 0.1) is 25.9 Å². The Balaban J connectivity index is 1.55. The highest BCUT2D eigenvalue weighted by Gasteiger charge is 2.08. The van der Waals surface area contributed by atoms with Crippen LogP contribution in [0.2, 0.25) is 0 Å². The maximum atomic E-state index is 9.48. The Morgan fingerprint density at radius 2 is 1.67 bits per heavy atom. The van der Waals surface area contributed by atoms with Crippen molar-refractivity contribution in [1.29, 1.82) is 0 Å². The quantitative estimate of drug-likeness (QED) is 0.176. The molecule has 8 nitrogen and oxygen atoms in total. The molecule has 0 saturated heterocycles. The van der Waals surface area contributed by atoms with E-state index in [2.05, 4.69) is 20.3 Å². The fourth-order valence-corrected chi connectivity index (χ4v) is 3.41. The number of hydrogen-bond acceptors (Lipinski definition) is 6. The molecule has 1 N–H and O–H groups in total. The monoisotopic (exact) mass is 439 g/mol. The number of rotatable bonds is 8. The molecule has 0 heterocycles. The number of azo groups is 1. The van der Waals surface area contributed by atoms with E-state index in [1.165, 1.54) is 0 Å². The molecule has 4 aromatic carbocycles. The van der Waals surface area contributed by atoms with Gasteiger partial charge in [-0.2, -0.15) is 5.11 Å². The van der Waals surface area contributed by atoms with Gasteiger partial charge in [0.2, 0.25) is 0 Å². The smallest absolute Gasteiger partial charge is 0.147 e. The van der Waals surface area contributed by atoms with Gasteiger partial charge in [0.15, 0.2) is 0 Å². The van der Waals surface area contributed by atoms with Crippen LogP contribution in [0.1, 0.15) is 11.1 Å². The van der Waals surface area contributed by atoms with E-state index in [0.717, 1.165) is 16.3 Å². The molecular formula is C25H21N5O3. The van der Waals surface area contributed by atoms with Gasteiger partial charge in [-0.1, -0.05) is 41.5 Å². The Bertz CT molecular complexity index is 1350.